The third-order valence-electron chi connectivity index (χ3n) is 2.36. The Labute approximate surface area is 123 Å². The molecular formula is C14H20BrN3O. The quantitative estimate of drug-likeness (QED) is 0.480. The van der Waals surface area contributed by atoms with Crippen molar-refractivity contribution in [2.24, 2.45) is 4.99 Å². The second-order valence-corrected chi connectivity index (χ2v) is 4.84. The largest absolute Gasteiger partial charge is 0.488 e. The summed E-state index contributed by atoms with van der Waals surface area (Å²) in [5.41, 5.74) is 0. The first-order chi connectivity index (χ1) is 9.17. The first kappa shape index (κ1) is 15.6. The lowest BCUT2D eigenvalue weighted by Gasteiger charge is -2.18. The second kappa shape index (κ2) is 8.58. The molecule has 1 unspecified atom stereocenters. The Morgan fingerprint density at radius 3 is 2.84 bits per heavy atom. The van der Waals surface area contributed by atoms with Gasteiger partial charge in [0.15, 0.2) is 5.96 Å². The fourth-order valence-corrected chi connectivity index (χ4v) is 1.81. The number of nitrogens with one attached hydrogen (secondary N) is 2. The van der Waals surface area contributed by atoms with E-state index in [-0.39, 0.29) is 6.10 Å². The maximum Gasteiger partial charge on any atom is 0.191 e. The molecule has 1 atom stereocenters. The van der Waals surface area contributed by atoms with E-state index in [9.17, 15) is 0 Å². The number of rotatable bonds is 6. The number of guanidine groups is 1. The Morgan fingerprint density at radius 2 is 2.21 bits per heavy atom. The zero-order valence-electron chi connectivity index (χ0n) is 11.3. The van der Waals surface area contributed by atoms with Crippen LogP contribution >= 0.6 is 15.9 Å². The van der Waals surface area contributed by atoms with Gasteiger partial charge in [-0.1, -0.05) is 18.2 Å². The van der Waals surface area contributed by atoms with Crippen molar-refractivity contribution in [3.63, 3.8) is 0 Å². The number of aliphatic imine (C=N–C) groups is 1. The Balaban J connectivity index is 2.41. The van der Waals surface area contributed by atoms with Gasteiger partial charge in [0.2, 0.25) is 0 Å². The highest BCUT2D eigenvalue weighted by Gasteiger charge is 2.07. The molecule has 0 heterocycles. The van der Waals surface area contributed by atoms with E-state index in [4.69, 9.17) is 4.74 Å². The molecule has 0 saturated carbocycles. The van der Waals surface area contributed by atoms with Gasteiger partial charge in [0.05, 0.1) is 11.0 Å². The first-order valence-electron chi connectivity index (χ1n) is 6.14. The van der Waals surface area contributed by atoms with Gasteiger partial charge >= 0.3 is 0 Å². The lowest BCUT2D eigenvalue weighted by Crippen LogP contribution is -2.41. The van der Waals surface area contributed by atoms with Gasteiger partial charge in [-0.2, -0.15) is 0 Å². The van der Waals surface area contributed by atoms with Gasteiger partial charge in [0.1, 0.15) is 11.9 Å². The van der Waals surface area contributed by atoms with Gasteiger partial charge in [-0.15, -0.1) is 6.58 Å². The van der Waals surface area contributed by atoms with Crippen molar-refractivity contribution in [1.29, 1.82) is 0 Å². The standard InChI is InChI=1S/C14H20BrN3O/c1-4-9-17-14(16-3)18-10-11(2)19-13-8-6-5-7-12(13)15/h4-8,11H,1,9-10H2,2-3H3,(H2,16,17,18). The van der Waals surface area contributed by atoms with Gasteiger partial charge in [0, 0.05) is 13.6 Å². The van der Waals surface area contributed by atoms with Crippen LogP contribution in [0.25, 0.3) is 0 Å². The van der Waals surface area contributed by atoms with Crippen molar-refractivity contribution in [3.05, 3.63) is 41.4 Å². The lowest BCUT2D eigenvalue weighted by atomic mass is 10.3. The number of ether oxygens (including phenoxy) is 1. The minimum absolute atomic E-state index is 0.0287. The van der Waals surface area contributed by atoms with Crippen LogP contribution in [0.2, 0.25) is 0 Å². The number of hydrogen-bond donors (Lipinski definition) is 2. The molecule has 0 amide bonds. The molecule has 5 heteroatoms. The number of para-hydroxylation sites is 1. The maximum absolute atomic E-state index is 5.83. The predicted molar refractivity (Wildman–Crippen MR) is 83.8 cm³/mol. The summed E-state index contributed by atoms with van der Waals surface area (Å²) in [6, 6.07) is 7.80. The summed E-state index contributed by atoms with van der Waals surface area (Å²) in [5.74, 6) is 1.58. The monoisotopic (exact) mass is 325 g/mol. The molecule has 0 radical (unpaired) electrons. The number of halogens is 1. The van der Waals surface area contributed by atoms with Crippen LogP contribution in [0.15, 0.2) is 46.4 Å². The van der Waals surface area contributed by atoms with E-state index in [1.165, 1.54) is 0 Å². The molecule has 2 N–H and O–H groups in total. The molecular weight excluding hydrogens is 306 g/mol. The van der Waals surface area contributed by atoms with Crippen LogP contribution in [-0.2, 0) is 0 Å². The van der Waals surface area contributed by atoms with Gasteiger partial charge in [-0.25, -0.2) is 0 Å². The van der Waals surface area contributed by atoms with E-state index in [0.717, 1.165) is 16.2 Å². The van der Waals surface area contributed by atoms with Crippen molar-refractivity contribution < 1.29 is 4.74 Å². The predicted octanol–water partition coefficient (Wildman–Crippen LogP) is 2.57. The van der Waals surface area contributed by atoms with Crippen LogP contribution in [0.5, 0.6) is 5.75 Å². The average Bonchev–Trinajstić information content (AvgIpc) is 2.41. The van der Waals surface area contributed by atoms with Crippen LogP contribution < -0.4 is 15.4 Å². The zero-order chi connectivity index (χ0) is 14.1. The van der Waals surface area contributed by atoms with Crippen LogP contribution in [0.4, 0.5) is 0 Å². The lowest BCUT2D eigenvalue weighted by molar-refractivity contribution is 0.222. The van der Waals surface area contributed by atoms with Gasteiger partial charge < -0.3 is 15.4 Å². The molecule has 0 saturated heterocycles. The van der Waals surface area contributed by atoms with E-state index in [1.807, 2.05) is 31.2 Å². The highest BCUT2D eigenvalue weighted by atomic mass is 79.9. The third kappa shape index (κ3) is 5.79. The molecule has 4 nitrogen and oxygen atoms in total. The van der Waals surface area contributed by atoms with Crippen molar-refractivity contribution in [2.45, 2.75) is 13.0 Å². The van der Waals surface area contributed by atoms with Crippen LogP contribution in [0, 0.1) is 0 Å². The van der Waals surface area contributed by atoms with E-state index < -0.39 is 0 Å². The number of nitrogens with zero attached hydrogens (tertiary/aromatic N) is 1. The van der Waals surface area contributed by atoms with Crippen molar-refractivity contribution in [3.8, 4) is 5.75 Å². The molecule has 0 bridgehead atoms. The molecule has 104 valence electrons. The van der Waals surface area contributed by atoms with Gasteiger partial charge in [-0.05, 0) is 35.0 Å². The Bertz CT molecular complexity index is 434. The van der Waals surface area contributed by atoms with Crippen LogP contribution in [0.3, 0.4) is 0 Å². The zero-order valence-corrected chi connectivity index (χ0v) is 12.9. The molecule has 0 aromatic heterocycles. The molecule has 19 heavy (non-hydrogen) atoms. The molecule has 1 aromatic carbocycles. The number of benzene rings is 1. The SMILES string of the molecule is C=CCNC(=NC)NCC(C)Oc1ccccc1Br. The minimum atomic E-state index is 0.0287. The third-order valence-corrected chi connectivity index (χ3v) is 3.01. The van der Waals surface area contributed by atoms with Gasteiger partial charge in [0.25, 0.3) is 0 Å². The molecule has 0 aliphatic rings. The Hall–Kier alpha value is -1.49. The summed E-state index contributed by atoms with van der Waals surface area (Å²) >= 11 is 3.46. The molecule has 1 rings (SSSR count). The Morgan fingerprint density at radius 1 is 1.47 bits per heavy atom. The minimum Gasteiger partial charge on any atom is -0.488 e. The van der Waals surface area contributed by atoms with Gasteiger partial charge in [-0.3, -0.25) is 4.99 Å². The van der Waals surface area contributed by atoms with E-state index in [2.05, 4.69) is 38.1 Å². The number of hydrogen-bond acceptors (Lipinski definition) is 2. The summed E-state index contributed by atoms with van der Waals surface area (Å²) < 4.78 is 6.79. The van der Waals surface area contributed by atoms with E-state index in [1.54, 1.807) is 13.1 Å². The normalized spacial score (nSPS) is 12.7. The summed E-state index contributed by atoms with van der Waals surface area (Å²) in [6.07, 6.45) is 1.81. The first-order valence-corrected chi connectivity index (χ1v) is 6.93. The fraction of sp³-hybridized carbons (Fsp3) is 0.357. The van der Waals surface area contributed by atoms with Crippen molar-refractivity contribution >= 4 is 21.9 Å². The second-order valence-electron chi connectivity index (χ2n) is 3.98. The highest BCUT2D eigenvalue weighted by Crippen LogP contribution is 2.24. The summed E-state index contributed by atoms with van der Waals surface area (Å²) in [6.45, 7) is 7.00. The van der Waals surface area contributed by atoms with Crippen molar-refractivity contribution in [2.75, 3.05) is 20.1 Å². The fourth-order valence-electron chi connectivity index (χ4n) is 1.43. The van der Waals surface area contributed by atoms with Crippen molar-refractivity contribution in [1.82, 2.24) is 10.6 Å². The smallest absolute Gasteiger partial charge is 0.191 e. The molecule has 0 spiro atoms. The summed E-state index contributed by atoms with van der Waals surface area (Å²) in [5, 5.41) is 6.30. The molecule has 0 aliphatic heterocycles. The Kier molecular flexibility index (Phi) is 7.03. The summed E-state index contributed by atoms with van der Waals surface area (Å²) in [4.78, 5) is 4.10. The van der Waals surface area contributed by atoms with E-state index in [0.29, 0.717) is 13.1 Å². The molecule has 1 aromatic rings. The van der Waals surface area contributed by atoms with E-state index >= 15 is 0 Å². The average molecular weight is 326 g/mol. The maximum atomic E-state index is 5.83. The highest BCUT2D eigenvalue weighted by molar-refractivity contribution is 9.10. The topological polar surface area (TPSA) is 45.7 Å². The van der Waals surface area contributed by atoms with Crippen LogP contribution in [0.1, 0.15) is 6.92 Å². The van der Waals surface area contributed by atoms with Crippen LogP contribution in [-0.4, -0.2) is 32.2 Å². The summed E-state index contributed by atoms with van der Waals surface area (Å²) in [7, 11) is 1.73. The molecule has 0 aliphatic carbocycles. The molecule has 0 fully saturated rings.